The molecule has 8 aromatic carbocycles. The third kappa shape index (κ3) is 5.77. The molecule has 1 aromatic heterocycles. The molecule has 9 rings (SSSR count). The van der Waals surface area contributed by atoms with E-state index in [1.807, 2.05) is 11.3 Å². The van der Waals surface area contributed by atoms with Gasteiger partial charge in [0.2, 0.25) is 0 Å². The van der Waals surface area contributed by atoms with Crippen LogP contribution in [-0.2, 0) is 0 Å². The lowest BCUT2D eigenvalue weighted by Gasteiger charge is -2.26. The summed E-state index contributed by atoms with van der Waals surface area (Å²) < 4.78 is 2.66. The van der Waals surface area contributed by atoms with Crippen molar-refractivity contribution in [1.82, 2.24) is 0 Å². The zero-order valence-corrected chi connectivity index (χ0v) is 28.2. The Kier molecular flexibility index (Phi) is 7.77. The van der Waals surface area contributed by atoms with Crippen LogP contribution in [-0.4, -0.2) is 0 Å². The lowest BCUT2D eigenvalue weighted by atomic mass is 9.97. The van der Waals surface area contributed by atoms with Gasteiger partial charge in [-0.2, -0.15) is 0 Å². The highest BCUT2D eigenvalue weighted by Crippen LogP contribution is 2.39. The fourth-order valence-corrected chi connectivity index (χ4v) is 7.99. The summed E-state index contributed by atoms with van der Waals surface area (Å²) in [5, 5.41) is 2.65. The van der Waals surface area contributed by atoms with Crippen molar-refractivity contribution < 1.29 is 0 Å². The molecule has 0 unspecified atom stereocenters. The molecule has 0 bridgehead atoms. The second-order valence-electron chi connectivity index (χ2n) is 12.6. The Labute approximate surface area is 297 Å². The van der Waals surface area contributed by atoms with E-state index >= 15 is 0 Å². The van der Waals surface area contributed by atoms with Gasteiger partial charge in [0.05, 0.1) is 0 Å². The van der Waals surface area contributed by atoms with Gasteiger partial charge in [-0.15, -0.1) is 11.3 Å². The molecule has 0 radical (unpaired) electrons. The molecule has 1 heterocycles. The Morgan fingerprint density at radius 2 is 0.640 bits per heavy atom. The SMILES string of the molecule is c1ccc(-c2ccc(N(c3ccc(-c4ccccc4)cc3)c3ccc(-c4cccc(-c5ccc6sc7ccccc7c6c5)c4)cc3)cc2)cc1. The molecule has 0 atom stereocenters. The first-order chi connectivity index (χ1) is 24.8. The van der Waals surface area contributed by atoms with Crippen molar-refractivity contribution in [1.29, 1.82) is 0 Å². The lowest BCUT2D eigenvalue weighted by molar-refractivity contribution is 1.28. The molecule has 0 aliphatic carbocycles. The molecule has 50 heavy (non-hydrogen) atoms. The maximum atomic E-state index is 2.35. The van der Waals surface area contributed by atoms with Crippen molar-refractivity contribution in [2.45, 2.75) is 0 Å². The Morgan fingerprint density at radius 3 is 1.20 bits per heavy atom. The molecule has 2 heteroatoms. The van der Waals surface area contributed by atoms with Crippen molar-refractivity contribution in [3.8, 4) is 44.5 Å². The van der Waals surface area contributed by atoms with E-state index in [9.17, 15) is 0 Å². The molecule has 0 spiro atoms. The summed E-state index contributed by atoms with van der Waals surface area (Å²) in [6.45, 7) is 0. The summed E-state index contributed by atoms with van der Waals surface area (Å²) in [5.41, 5.74) is 13.0. The smallest absolute Gasteiger partial charge is 0.0462 e. The fourth-order valence-electron chi connectivity index (χ4n) is 6.90. The van der Waals surface area contributed by atoms with Gasteiger partial charge in [0.25, 0.3) is 0 Å². The third-order valence-corrected chi connectivity index (χ3v) is 10.6. The number of anilines is 3. The minimum Gasteiger partial charge on any atom is -0.311 e. The van der Waals surface area contributed by atoms with Crippen LogP contribution in [0.4, 0.5) is 17.1 Å². The van der Waals surface area contributed by atoms with E-state index in [-0.39, 0.29) is 0 Å². The van der Waals surface area contributed by atoms with Gasteiger partial charge in [0.15, 0.2) is 0 Å². The number of hydrogen-bond donors (Lipinski definition) is 0. The molecule has 0 fully saturated rings. The second kappa shape index (κ2) is 13.0. The zero-order chi connectivity index (χ0) is 33.3. The van der Waals surface area contributed by atoms with Crippen molar-refractivity contribution >= 4 is 48.6 Å². The van der Waals surface area contributed by atoms with Gasteiger partial charge in [-0.3, -0.25) is 0 Å². The zero-order valence-electron chi connectivity index (χ0n) is 27.4. The van der Waals surface area contributed by atoms with Gasteiger partial charge >= 0.3 is 0 Å². The Hall–Kier alpha value is -6.22. The third-order valence-electron chi connectivity index (χ3n) is 9.50. The van der Waals surface area contributed by atoms with E-state index in [1.165, 1.54) is 64.7 Å². The van der Waals surface area contributed by atoms with E-state index < -0.39 is 0 Å². The number of benzene rings is 8. The van der Waals surface area contributed by atoms with Crippen LogP contribution in [0.2, 0.25) is 0 Å². The summed E-state index contributed by atoms with van der Waals surface area (Å²) in [6, 6.07) is 72.3. The highest BCUT2D eigenvalue weighted by atomic mass is 32.1. The van der Waals surface area contributed by atoms with E-state index in [2.05, 4.69) is 205 Å². The molecule has 236 valence electrons. The first-order valence-electron chi connectivity index (χ1n) is 17.0. The van der Waals surface area contributed by atoms with Crippen LogP contribution in [0.5, 0.6) is 0 Å². The van der Waals surface area contributed by atoms with Crippen molar-refractivity contribution in [3.63, 3.8) is 0 Å². The molecule has 0 aliphatic rings. The molecule has 1 nitrogen and oxygen atoms in total. The number of fused-ring (bicyclic) bond motifs is 3. The van der Waals surface area contributed by atoms with Gasteiger partial charge in [0.1, 0.15) is 0 Å². The van der Waals surface area contributed by atoms with Crippen molar-refractivity contribution in [3.05, 3.63) is 200 Å². The predicted octanol–water partition coefficient (Wildman–Crippen LogP) is 14.2. The molecule has 0 amide bonds. The van der Waals surface area contributed by atoms with Crippen LogP contribution >= 0.6 is 11.3 Å². The Morgan fingerprint density at radius 1 is 0.260 bits per heavy atom. The normalized spacial score (nSPS) is 11.2. The van der Waals surface area contributed by atoms with Crippen molar-refractivity contribution in [2.24, 2.45) is 0 Å². The van der Waals surface area contributed by atoms with Crippen molar-refractivity contribution in [2.75, 3.05) is 4.90 Å². The van der Waals surface area contributed by atoms with Gasteiger partial charge < -0.3 is 4.90 Å². The van der Waals surface area contributed by atoms with Gasteiger partial charge in [0, 0.05) is 37.2 Å². The van der Waals surface area contributed by atoms with E-state index in [0.29, 0.717) is 0 Å². The minimum atomic E-state index is 1.11. The van der Waals surface area contributed by atoms with Gasteiger partial charge in [-0.25, -0.2) is 0 Å². The van der Waals surface area contributed by atoms with Crippen LogP contribution in [0.1, 0.15) is 0 Å². The lowest BCUT2D eigenvalue weighted by Crippen LogP contribution is -2.09. The summed E-state index contributed by atoms with van der Waals surface area (Å²) in [7, 11) is 0. The number of rotatable bonds is 7. The van der Waals surface area contributed by atoms with E-state index in [0.717, 1.165) is 17.1 Å². The minimum absolute atomic E-state index is 1.11. The molecule has 0 aliphatic heterocycles. The first-order valence-corrected chi connectivity index (χ1v) is 17.8. The van der Waals surface area contributed by atoms with Crippen LogP contribution in [0.25, 0.3) is 64.7 Å². The molecule has 0 N–H and O–H groups in total. The first kappa shape index (κ1) is 29.9. The quantitative estimate of drug-likeness (QED) is 0.165. The van der Waals surface area contributed by atoms with E-state index in [4.69, 9.17) is 0 Å². The molecule has 0 saturated carbocycles. The highest BCUT2D eigenvalue weighted by molar-refractivity contribution is 7.25. The van der Waals surface area contributed by atoms with E-state index in [1.54, 1.807) is 0 Å². The monoisotopic (exact) mass is 655 g/mol. The molecule has 9 aromatic rings. The maximum absolute atomic E-state index is 2.35. The number of hydrogen-bond acceptors (Lipinski definition) is 2. The summed E-state index contributed by atoms with van der Waals surface area (Å²) in [5.74, 6) is 0. The number of nitrogens with zero attached hydrogens (tertiary/aromatic N) is 1. The van der Waals surface area contributed by atoms with Crippen LogP contribution in [0, 0.1) is 0 Å². The average molecular weight is 656 g/mol. The van der Waals surface area contributed by atoms with Crippen LogP contribution in [0.3, 0.4) is 0 Å². The Balaban J connectivity index is 1.06. The summed E-state index contributed by atoms with van der Waals surface area (Å²) >= 11 is 1.86. The topological polar surface area (TPSA) is 3.24 Å². The second-order valence-corrected chi connectivity index (χ2v) is 13.7. The fraction of sp³-hybridized carbons (Fsp3) is 0. The Bertz CT molecular complexity index is 2470. The summed E-state index contributed by atoms with van der Waals surface area (Å²) in [6.07, 6.45) is 0. The molecular formula is C48H33NS. The predicted molar refractivity (Wildman–Crippen MR) is 216 cm³/mol. The molecular weight excluding hydrogens is 623 g/mol. The maximum Gasteiger partial charge on any atom is 0.0462 e. The highest BCUT2D eigenvalue weighted by Gasteiger charge is 2.14. The standard InChI is InChI=1S/C48H33NS/c1-3-10-34(11-4-1)36-18-25-42(26-19-36)49(43-27-20-37(21-28-43)35-12-5-2-6-13-35)44-29-22-38(23-30-44)39-14-9-15-40(32-39)41-24-31-48-46(33-41)45-16-7-8-17-47(45)50-48/h1-33H. The van der Waals surface area contributed by atoms with Gasteiger partial charge in [-0.05, 0) is 105 Å². The van der Waals surface area contributed by atoms with Crippen LogP contribution in [0.15, 0.2) is 200 Å². The summed E-state index contributed by atoms with van der Waals surface area (Å²) in [4.78, 5) is 2.34. The number of thiophene rings is 1. The molecule has 0 saturated heterocycles. The van der Waals surface area contributed by atoms with Crippen LogP contribution < -0.4 is 4.90 Å². The average Bonchev–Trinajstić information content (AvgIpc) is 3.58. The van der Waals surface area contributed by atoms with Gasteiger partial charge in [-0.1, -0.05) is 140 Å². The largest absolute Gasteiger partial charge is 0.311 e.